The second kappa shape index (κ2) is 12.9. The molecule has 1 aromatic rings. The molecule has 0 bridgehead atoms. The summed E-state index contributed by atoms with van der Waals surface area (Å²) >= 11 is 0. The van der Waals surface area contributed by atoms with Crippen molar-refractivity contribution in [2.45, 2.75) is 65.2 Å². The number of unbranched alkanes of at least 4 members (excludes halogenated alkanes) is 2. The smallest absolute Gasteiger partial charge is 0.548 e. The molecule has 1 aromatic carbocycles. The van der Waals surface area contributed by atoms with Gasteiger partial charge in [-0.2, -0.15) is 0 Å². The van der Waals surface area contributed by atoms with Crippen LogP contribution in [0.3, 0.4) is 0 Å². The number of ether oxygens (including phenoxy) is 1. The zero-order valence-corrected chi connectivity index (χ0v) is 21.1. The van der Waals surface area contributed by atoms with Crippen molar-refractivity contribution in [2.24, 2.45) is 5.92 Å². The Labute approximate surface area is 207 Å². The number of aromatic hydroxyl groups is 1. The van der Waals surface area contributed by atoms with Crippen LogP contribution in [0.5, 0.6) is 11.5 Å². The zero-order valence-electron chi connectivity index (χ0n) is 19.1. The number of aliphatic carboxylic acids is 1. The average Bonchev–Trinajstić information content (AvgIpc) is 2.66. The molecule has 2 N–H and O–H groups in total. The number of hydrogen-bond acceptors (Lipinski definition) is 5. The van der Waals surface area contributed by atoms with E-state index < -0.39 is 18.6 Å². The molecule has 0 heterocycles. The molecule has 1 aliphatic carbocycles. The van der Waals surface area contributed by atoms with Crippen LogP contribution >= 0.6 is 0 Å². The summed E-state index contributed by atoms with van der Waals surface area (Å²) in [5.41, 5.74) is 3.61. The van der Waals surface area contributed by atoms with E-state index in [0.29, 0.717) is 5.56 Å². The Morgan fingerprint density at radius 1 is 1.32 bits per heavy atom. The minimum atomic E-state index is -1.41. The van der Waals surface area contributed by atoms with Crippen molar-refractivity contribution in [1.29, 1.82) is 0 Å². The van der Waals surface area contributed by atoms with E-state index in [-0.39, 0.29) is 52.9 Å². The van der Waals surface area contributed by atoms with Gasteiger partial charge in [0.1, 0.15) is 11.5 Å². The fourth-order valence-corrected chi connectivity index (χ4v) is 4.00. The first kappa shape index (κ1) is 27.3. The summed E-state index contributed by atoms with van der Waals surface area (Å²) in [5.74, 6) is -1.14. The van der Waals surface area contributed by atoms with E-state index in [0.717, 1.165) is 49.7 Å². The number of nitrogens with one attached hydrogen (secondary N) is 1. The molecule has 6 nitrogen and oxygen atoms in total. The molecule has 2 atom stereocenters. The SMILES string of the molecule is C=C(C)[C@@H]1CCC(C)=C[C@H]1c1c(O)cc(CCCCC)cc1OC(=O)NCC(=O)[O-].[Na+]. The maximum absolute atomic E-state index is 12.2. The van der Waals surface area contributed by atoms with Crippen molar-refractivity contribution >= 4 is 12.1 Å². The van der Waals surface area contributed by atoms with E-state index in [1.165, 1.54) is 5.57 Å². The number of benzene rings is 1. The summed E-state index contributed by atoms with van der Waals surface area (Å²) in [5, 5.41) is 23.7. The number of phenolic OH excluding ortho intramolecular Hbond substituents is 1. The predicted octanol–water partition coefficient (Wildman–Crippen LogP) is 0.983. The Hall–Kier alpha value is -1.76. The first-order chi connectivity index (χ1) is 14.2. The molecule has 7 heteroatoms. The van der Waals surface area contributed by atoms with Crippen LogP contribution in [-0.2, 0) is 11.2 Å². The number of phenols is 1. The summed E-state index contributed by atoms with van der Waals surface area (Å²) < 4.78 is 5.48. The molecule has 1 amide bonds. The minimum absolute atomic E-state index is 0. The molecule has 0 saturated carbocycles. The number of amides is 1. The molecule has 164 valence electrons. The minimum Gasteiger partial charge on any atom is -0.548 e. The van der Waals surface area contributed by atoms with Gasteiger partial charge in [0, 0.05) is 11.5 Å². The Kier molecular flexibility index (Phi) is 11.4. The second-order valence-electron chi connectivity index (χ2n) is 8.13. The number of aryl methyl sites for hydroxylation is 1. The third-order valence-corrected chi connectivity index (χ3v) is 5.54. The third kappa shape index (κ3) is 8.02. The van der Waals surface area contributed by atoms with Crippen LogP contribution < -0.4 is 44.7 Å². The van der Waals surface area contributed by atoms with Gasteiger partial charge in [-0.05, 0) is 63.1 Å². The fourth-order valence-electron chi connectivity index (χ4n) is 4.00. The number of rotatable bonds is 9. The van der Waals surface area contributed by atoms with Gasteiger partial charge in [0.2, 0.25) is 0 Å². The number of carbonyl (C=O) groups excluding carboxylic acids is 2. The molecule has 0 radical (unpaired) electrons. The molecule has 1 aliphatic rings. The van der Waals surface area contributed by atoms with Crippen LogP contribution in [0.1, 0.15) is 69.9 Å². The number of hydrogen-bond donors (Lipinski definition) is 2. The average molecular weight is 438 g/mol. The van der Waals surface area contributed by atoms with Crippen LogP contribution in [-0.4, -0.2) is 23.7 Å². The summed E-state index contributed by atoms with van der Waals surface area (Å²) in [4.78, 5) is 22.8. The maximum atomic E-state index is 12.2. The summed E-state index contributed by atoms with van der Waals surface area (Å²) in [6, 6.07) is 3.51. The number of carboxylic acids is 1. The third-order valence-electron chi connectivity index (χ3n) is 5.54. The van der Waals surface area contributed by atoms with Gasteiger partial charge < -0.3 is 25.1 Å². The van der Waals surface area contributed by atoms with Crippen molar-refractivity contribution < 1.29 is 54.1 Å². The molecule has 0 spiro atoms. The topological polar surface area (TPSA) is 98.7 Å². The zero-order chi connectivity index (χ0) is 22.3. The van der Waals surface area contributed by atoms with E-state index in [4.69, 9.17) is 4.74 Å². The molecule has 0 saturated heterocycles. The van der Waals surface area contributed by atoms with Crippen LogP contribution in [0, 0.1) is 5.92 Å². The van der Waals surface area contributed by atoms with Crippen molar-refractivity contribution in [3.8, 4) is 11.5 Å². The quantitative estimate of drug-likeness (QED) is 0.341. The van der Waals surface area contributed by atoms with Gasteiger partial charge >= 0.3 is 35.7 Å². The second-order valence-corrected chi connectivity index (χ2v) is 8.13. The predicted molar refractivity (Wildman–Crippen MR) is 114 cm³/mol. The number of carbonyl (C=O) groups is 2. The summed E-state index contributed by atoms with van der Waals surface area (Å²) in [6.07, 6.45) is 6.90. The Balaban J connectivity index is 0.00000480. The van der Waals surface area contributed by atoms with Gasteiger partial charge in [0.15, 0.2) is 0 Å². The fraction of sp³-hybridized carbons (Fsp3) is 0.500. The van der Waals surface area contributed by atoms with E-state index >= 15 is 0 Å². The molecule has 31 heavy (non-hydrogen) atoms. The Morgan fingerprint density at radius 3 is 2.65 bits per heavy atom. The van der Waals surface area contributed by atoms with Gasteiger partial charge in [0.25, 0.3) is 0 Å². The molecule has 2 rings (SSSR count). The van der Waals surface area contributed by atoms with E-state index in [1.807, 2.05) is 13.8 Å². The van der Waals surface area contributed by atoms with Gasteiger partial charge in [-0.15, -0.1) is 0 Å². The van der Waals surface area contributed by atoms with Gasteiger partial charge in [-0.25, -0.2) is 4.79 Å². The van der Waals surface area contributed by atoms with Crippen LogP contribution in [0.25, 0.3) is 0 Å². The Bertz CT molecular complexity index is 834. The normalized spacial score (nSPS) is 17.8. The summed E-state index contributed by atoms with van der Waals surface area (Å²) in [7, 11) is 0. The van der Waals surface area contributed by atoms with Crippen molar-refractivity contribution in [3.63, 3.8) is 0 Å². The Morgan fingerprint density at radius 2 is 2.03 bits per heavy atom. The first-order valence-corrected chi connectivity index (χ1v) is 10.6. The number of allylic oxidation sites excluding steroid dienone is 3. The first-order valence-electron chi connectivity index (χ1n) is 10.6. The van der Waals surface area contributed by atoms with E-state index in [1.54, 1.807) is 12.1 Å². The van der Waals surface area contributed by atoms with E-state index in [9.17, 15) is 19.8 Å². The molecular formula is C24H32NNaO5. The standard InChI is InChI=1S/C24H33NO5.Na/c1-5-6-7-8-17-12-20(26)23(19-11-16(4)9-10-18(19)15(2)3)21(13-17)30-24(29)25-14-22(27)28;/h11-13,18-19,26H,2,5-10,14H2,1,3-4H3,(H,25,29)(H,27,28);/q;+1/p-1/t18-,19+;/m0./s1. The molecule has 0 aromatic heterocycles. The van der Waals surface area contributed by atoms with Crippen molar-refractivity contribution in [3.05, 3.63) is 47.1 Å². The van der Waals surface area contributed by atoms with Crippen LogP contribution in [0.2, 0.25) is 0 Å². The van der Waals surface area contributed by atoms with Crippen LogP contribution in [0.15, 0.2) is 35.9 Å². The molecule has 0 fully saturated rings. The maximum Gasteiger partial charge on any atom is 1.00 e. The molecular weight excluding hydrogens is 405 g/mol. The van der Waals surface area contributed by atoms with Gasteiger partial charge in [-0.3, -0.25) is 0 Å². The summed E-state index contributed by atoms with van der Waals surface area (Å²) in [6.45, 7) is 9.60. The van der Waals surface area contributed by atoms with Crippen molar-refractivity contribution in [1.82, 2.24) is 5.32 Å². The van der Waals surface area contributed by atoms with Gasteiger partial charge in [-0.1, -0.05) is 43.6 Å². The van der Waals surface area contributed by atoms with Gasteiger partial charge in [0.05, 0.1) is 12.5 Å². The van der Waals surface area contributed by atoms with Crippen LogP contribution in [0.4, 0.5) is 4.79 Å². The molecule has 0 unspecified atom stereocenters. The monoisotopic (exact) mass is 437 g/mol. The molecule has 0 aliphatic heterocycles. The van der Waals surface area contributed by atoms with E-state index in [2.05, 4.69) is 24.9 Å². The largest absolute Gasteiger partial charge is 1.00 e. The van der Waals surface area contributed by atoms with Crippen molar-refractivity contribution in [2.75, 3.05) is 6.54 Å². The number of carboxylic acid groups (broad SMARTS) is 1.